The first kappa shape index (κ1) is 16.3. The first-order valence-corrected chi connectivity index (χ1v) is 7.94. The third kappa shape index (κ3) is 3.98. The van der Waals surface area contributed by atoms with Gasteiger partial charge in [-0.05, 0) is 46.8 Å². The molecule has 21 heavy (non-hydrogen) atoms. The number of rotatable bonds is 4. The minimum atomic E-state index is -0.112. The van der Waals surface area contributed by atoms with Crippen LogP contribution >= 0.6 is 11.6 Å². The normalized spacial score (nSPS) is 18.7. The second-order valence-corrected chi connectivity index (χ2v) is 6.53. The zero-order valence-corrected chi connectivity index (χ0v) is 14.1. The van der Waals surface area contributed by atoms with Gasteiger partial charge in [-0.3, -0.25) is 9.48 Å². The van der Waals surface area contributed by atoms with Gasteiger partial charge in [-0.15, -0.1) is 0 Å². The van der Waals surface area contributed by atoms with Gasteiger partial charge < -0.3 is 10.2 Å². The number of aromatic nitrogens is 2. The summed E-state index contributed by atoms with van der Waals surface area (Å²) in [5.41, 5.74) is 1.74. The van der Waals surface area contributed by atoms with Gasteiger partial charge >= 0.3 is 0 Å². The summed E-state index contributed by atoms with van der Waals surface area (Å²) in [6.07, 6.45) is 2.06. The van der Waals surface area contributed by atoms with Crippen molar-refractivity contribution in [3.05, 3.63) is 16.4 Å². The molecule has 2 heterocycles. The number of nitrogens with one attached hydrogen (secondary N) is 1. The predicted octanol–water partition coefficient (Wildman–Crippen LogP) is 2.00. The van der Waals surface area contributed by atoms with Crippen LogP contribution in [0.2, 0.25) is 5.02 Å². The fraction of sp³-hybridized carbons (Fsp3) is 0.733. The van der Waals surface area contributed by atoms with Crippen molar-refractivity contribution in [1.29, 1.82) is 0 Å². The largest absolute Gasteiger partial charge is 0.353 e. The van der Waals surface area contributed by atoms with Crippen LogP contribution in [-0.4, -0.2) is 46.8 Å². The number of halogens is 1. The van der Waals surface area contributed by atoms with Crippen LogP contribution in [0.1, 0.15) is 31.2 Å². The lowest BCUT2D eigenvalue weighted by atomic mass is 10.0. The van der Waals surface area contributed by atoms with Gasteiger partial charge in [-0.25, -0.2) is 0 Å². The minimum absolute atomic E-state index is 0.105. The highest BCUT2D eigenvalue weighted by Crippen LogP contribution is 2.20. The molecule has 1 aliphatic heterocycles. The highest BCUT2D eigenvalue weighted by Gasteiger charge is 2.22. The molecule has 0 aliphatic carbocycles. The topological polar surface area (TPSA) is 50.2 Å². The number of amides is 1. The average Bonchev–Trinajstić information content (AvgIpc) is 2.69. The van der Waals surface area contributed by atoms with Crippen molar-refractivity contribution < 1.29 is 4.79 Å². The van der Waals surface area contributed by atoms with E-state index in [9.17, 15) is 4.79 Å². The van der Waals surface area contributed by atoms with Gasteiger partial charge in [-0.2, -0.15) is 5.10 Å². The smallest absolute Gasteiger partial charge is 0.224 e. The van der Waals surface area contributed by atoms with Crippen LogP contribution in [0, 0.1) is 19.8 Å². The number of piperidine rings is 1. The van der Waals surface area contributed by atoms with Gasteiger partial charge in [0, 0.05) is 6.04 Å². The molecule has 1 amide bonds. The van der Waals surface area contributed by atoms with Gasteiger partial charge in [-0.1, -0.05) is 18.5 Å². The quantitative estimate of drug-likeness (QED) is 0.925. The molecular formula is C15H25ClN4O. The van der Waals surface area contributed by atoms with Crippen molar-refractivity contribution in [2.45, 2.75) is 46.2 Å². The molecule has 118 valence electrons. The van der Waals surface area contributed by atoms with Gasteiger partial charge in [0.2, 0.25) is 5.91 Å². The Morgan fingerprint density at radius 1 is 1.43 bits per heavy atom. The van der Waals surface area contributed by atoms with E-state index in [-0.39, 0.29) is 11.8 Å². The number of hydrogen-bond donors (Lipinski definition) is 1. The van der Waals surface area contributed by atoms with E-state index in [1.54, 1.807) is 0 Å². The van der Waals surface area contributed by atoms with Gasteiger partial charge in [0.1, 0.15) is 0 Å². The maximum atomic E-state index is 12.3. The molecule has 1 fully saturated rings. The average molecular weight is 313 g/mol. The van der Waals surface area contributed by atoms with E-state index in [1.165, 1.54) is 0 Å². The number of likely N-dealkylation sites (tertiary alicyclic amines) is 1. The Kier molecular flexibility index (Phi) is 5.27. The highest BCUT2D eigenvalue weighted by atomic mass is 35.5. The van der Waals surface area contributed by atoms with Crippen molar-refractivity contribution in [1.82, 2.24) is 20.0 Å². The highest BCUT2D eigenvalue weighted by molar-refractivity contribution is 6.31. The molecule has 1 aliphatic rings. The van der Waals surface area contributed by atoms with Crippen molar-refractivity contribution in [3.63, 3.8) is 0 Å². The maximum absolute atomic E-state index is 12.3. The van der Waals surface area contributed by atoms with E-state index in [0.717, 1.165) is 37.3 Å². The molecule has 0 spiro atoms. The number of carbonyl (C=O) groups is 1. The first-order valence-electron chi connectivity index (χ1n) is 7.57. The Balaban J connectivity index is 1.89. The summed E-state index contributed by atoms with van der Waals surface area (Å²) < 4.78 is 1.83. The van der Waals surface area contributed by atoms with Crippen LogP contribution in [0.4, 0.5) is 0 Å². The van der Waals surface area contributed by atoms with Crippen molar-refractivity contribution in [2.24, 2.45) is 5.92 Å². The van der Waals surface area contributed by atoms with Crippen molar-refractivity contribution in [2.75, 3.05) is 20.1 Å². The van der Waals surface area contributed by atoms with E-state index in [1.807, 2.05) is 25.5 Å². The summed E-state index contributed by atoms with van der Waals surface area (Å²) in [5.74, 6) is -0.00745. The Morgan fingerprint density at radius 3 is 2.57 bits per heavy atom. The Bertz CT molecular complexity index is 506. The second kappa shape index (κ2) is 6.79. The summed E-state index contributed by atoms with van der Waals surface area (Å²) in [4.78, 5) is 14.6. The third-order valence-electron chi connectivity index (χ3n) is 4.25. The van der Waals surface area contributed by atoms with Gasteiger partial charge in [0.25, 0.3) is 0 Å². The van der Waals surface area contributed by atoms with Crippen LogP contribution in [0.25, 0.3) is 0 Å². The number of nitrogens with zero attached hydrogens (tertiary/aromatic N) is 3. The summed E-state index contributed by atoms with van der Waals surface area (Å²) >= 11 is 6.14. The Morgan fingerprint density at radius 2 is 2.05 bits per heavy atom. The monoisotopic (exact) mass is 312 g/mol. The first-order chi connectivity index (χ1) is 9.88. The summed E-state index contributed by atoms with van der Waals surface area (Å²) in [6, 6.07) is 0.306. The fourth-order valence-electron chi connectivity index (χ4n) is 2.69. The lowest BCUT2D eigenvalue weighted by Crippen LogP contribution is -2.45. The Hall–Kier alpha value is -1.07. The van der Waals surface area contributed by atoms with Gasteiger partial charge in [0.15, 0.2) is 0 Å². The Labute approximate surface area is 131 Å². The minimum Gasteiger partial charge on any atom is -0.353 e. The molecule has 0 bridgehead atoms. The fourth-order valence-corrected chi connectivity index (χ4v) is 2.83. The van der Waals surface area contributed by atoms with E-state index in [2.05, 4.69) is 22.4 Å². The van der Waals surface area contributed by atoms with Crippen LogP contribution in [-0.2, 0) is 11.3 Å². The molecule has 1 unspecified atom stereocenters. The zero-order valence-electron chi connectivity index (χ0n) is 13.3. The molecule has 0 aromatic carbocycles. The molecule has 1 aromatic rings. The lowest BCUT2D eigenvalue weighted by molar-refractivity contribution is -0.126. The molecule has 0 saturated carbocycles. The van der Waals surface area contributed by atoms with E-state index < -0.39 is 0 Å². The van der Waals surface area contributed by atoms with Crippen molar-refractivity contribution in [3.8, 4) is 0 Å². The van der Waals surface area contributed by atoms with Gasteiger partial charge in [0.05, 0.1) is 28.9 Å². The third-order valence-corrected chi connectivity index (χ3v) is 4.80. The van der Waals surface area contributed by atoms with Crippen LogP contribution in [0.5, 0.6) is 0 Å². The predicted molar refractivity (Wildman–Crippen MR) is 84.5 cm³/mol. The summed E-state index contributed by atoms with van der Waals surface area (Å²) in [5, 5.41) is 8.24. The number of aryl methyl sites for hydroxylation is 1. The lowest BCUT2D eigenvalue weighted by Gasteiger charge is -2.30. The number of carbonyl (C=O) groups excluding carboxylic acids is 1. The van der Waals surface area contributed by atoms with Crippen LogP contribution in [0.15, 0.2) is 0 Å². The van der Waals surface area contributed by atoms with Crippen molar-refractivity contribution >= 4 is 17.5 Å². The number of hydrogen-bond acceptors (Lipinski definition) is 3. The van der Waals surface area contributed by atoms with Crippen LogP contribution in [0.3, 0.4) is 0 Å². The molecule has 0 radical (unpaired) electrons. The zero-order chi connectivity index (χ0) is 15.6. The summed E-state index contributed by atoms with van der Waals surface area (Å²) in [7, 11) is 2.12. The maximum Gasteiger partial charge on any atom is 0.224 e. The summed E-state index contributed by atoms with van der Waals surface area (Å²) in [6.45, 7) is 8.42. The van der Waals surface area contributed by atoms with E-state index >= 15 is 0 Å². The molecular weight excluding hydrogens is 288 g/mol. The second-order valence-electron chi connectivity index (χ2n) is 6.15. The molecule has 6 heteroatoms. The van der Waals surface area contributed by atoms with Crippen LogP contribution < -0.4 is 5.32 Å². The molecule has 1 atom stereocenters. The molecule has 1 saturated heterocycles. The molecule has 2 rings (SSSR count). The SMILES string of the molecule is Cc1nn(CC(C)C(=O)NC2CCN(C)CC2)c(C)c1Cl. The van der Waals surface area contributed by atoms with E-state index in [0.29, 0.717) is 17.6 Å². The molecule has 1 aromatic heterocycles. The van der Waals surface area contributed by atoms with E-state index in [4.69, 9.17) is 11.6 Å². The standard InChI is InChI=1S/C15H25ClN4O/c1-10(9-20-12(3)14(16)11(2)18-20)15(21)17-13-5-7-19(4)8-6-13/h10,13H,5-9H2,1-4H3,(H,17,21). The molecule has 1 N–H and O–H groups in total. The molecule has 5 nitrogen and oxygen atoms in total.